The van der Waals surface area contributed by atoms with Gasteiger partial charge in [0, 0.05) is 37.8 Å². The van der Waals surface area contributed by atoms with Crippen molar-refractivity contribution in [2.75, 3.05) is 19.7 Å². The lowest BCUT2D eigenvalue weighted by atomic mass is 10.2. The molecule has 2 aromatic rings. The van der Waals surface area contributed by atoms with Crippen LogP contribution in [0, 0.1) is 0 Å². The van der Waals surface area contributed by atoms with Gasteiger partial charge in [-0.05, 0) is 19.1 Å². The van der Waals surface area contributed by atoms with E-state index >= 15 is 0 Å². The first kappa shape index (κ1) is 15.7. The van der Waals surface area contributed by atoms with Gasteiger partial charge < -0.3 is 14.2 Å². The molecular formula is C16H23N5O2. The summed E-state index contributed by atoms with van der Waals surface area (Å²) < 4.78 is 7.79. The fraction of sp³-hybridized carbons (Fsp3) is 0.562. The van der Waals surface area contributed by atoms with Crippen LogP contribution in [0.25, 0.3) is 0 Å². The number of morpholine rings is 1. The van der Waals surface area contributed by atoms with Crippen LogP contribution in [0.15, 0.2) is 24.5 Å². The first-order chi connectivity index (χ1) is 11.2. The Balaban J connectivity index is 1.60. The molecule has 0 bridgehead atoms. The van der Waals surface area contributed by atoms with E-state index in [0.29, 0.717) is 31.9 Å². The molecule has 0 aliphatic carbocycles. The minimum absolute atomic E-state index is 0.144. The quantitative estimate of drug-likeness (QED) is 0.911. The molecular weight excluding hydrogens is 294 g/mol. The number of hydrogen-bond donors (Lipinski definition) is 1. The number of ether oxygens (including phenoxy) is 1. The summed E-state index contributed by atoms with van der Waals surface area (Å²) in [5.74, 6) is 1.62. The minimum Gasteiger partial charge on any atom is -0.366 e. The minimum atomic E-state index is -0.244. The Morgan fingerprint density at radius 1 is 1.48 bits per heavy atom. The number of aryl methyl sites for hydroxylation is 1. The van der Waals surface area contributed by atoms with Crippen LogP contribution in [-0.2, 0) is 16.0 Å². The van der Waals surface area contributed by atoms with Crippen LogP contribution in [0.1, 0.15) is 44.1 Å². The Kier molecular flexibility index (Phi) is 4.76. The van der Waals surface area contributed by atoms with Crippen LogP contribution < -0.4 is 0 Å². The van der Waals surface area contributed by atoms with Gasteiger partial charge in [0.15, 0.2) is 5.82 Å². The van der Waals surface area contributed by atoms with Crippen molar-refractivity contribution in [2.24, 2.45) is 0 Å². The first-order valence-corrected chi connectivity index (χ1v) is 8.10. The number of rotatable bonds is 5. The third kappa shape index (κ3) is 3.61. The SMILES string of the molecule is CCc1nc(C2CN(C(=O)CC(C)n3cccc3)CCO2)n[nH]1. The number of nitrogens with one attached hydrogen (secondary N) is 1. The van der Waals surface area contributed by atoms with Crippen molar-refractivity contribution in [1.29, 1.82) is 0 Å². The molecule has 0 aromatic carbocycles. The van der Waals surface area contributed by atoms with E-state index in [9.17, 15) is 4.79 Å². The molecule has 7 nitrogen and oxygen atoms in total. The largest absolute Gasteiger partial charge is 0.366 e. The molecule has 1 N–H and O–H groups in total. The summed E-state index contributed by atoms with van der Waals surface area (Å²) in [6, 6.07) is 4.09. The van der Waals surface area contributed by atoms with Crippen molar-refractivity contribution in [2.45, 2.75) is 38.8 Å². The second-order valence-electron chi connectivity index (χ2n) is 5.88. The maximum absolute atomic E-state index is 12.6. The van der Waals surface area contributed by atoms with Crippen molar-refractivity contribution in [1.82, 2.24) is 24.6 Å². The number of aromatic nitrogens is 4. The molecule has 3 rings (SSSR count). The second-order valence-corrected chi connectivity index (χ2v) is 5.88. The highest BCUT2D eigenvalue weighted by Gasteiger charge is 2.28. The van der Waals surface area contributed by atoms with Gasteiger partial charge in [-0.25, -0.2) is 4.98 Å². The van der Waals surface area contributed by atoms with Gasteiger partial charge in [-0.1, -0.05) is 6.92 Å². The monoisotopic (exact) mass is 317 g/mol. The first-order valence-electron chi connectivity index (χ1n) is 8.10. The molecule has 23 heavy (non-hydrogen) atoms. The van der Waals surface area contributed by atoms with E-state index in [1.54, 1.807) is 0 Å². The lowest BCUT2D eigenvalue weighted by molar-refractivity contribution is -0.140. The Hall–Kier alpha value is -2.15. The van der Waals surface area contributed by atoms with Crippen LogP contribution >= 0.6 is 0 Å². The average Bonchev–Trinajstić information content (AvgIpc) is 3.26. The molecule has 1 fully saturated rings. The summed E-state index contributed by atoms with van der Waals surface area (Å²) in [5, 5.41) is 7.10. The van der Waals surface area contributed by atoms with Crippen molar-refractivity contribution in [3.8, 4) is 0 Å². The van der Waals surface area contributed by atoms with Crippen LogP contribution in [0.2, 0.25) is 0 Å². The molecule has 1 aliphatic heterocycles. The smallest absolute Gasteiger partial charge is 0.224 e. The number of aromatic amines is 1. The molecule has 3 heterocycles. The Morgan fingerprint density at radius 3 is 2.96 bits per heavy atom. The number of H-pyrrole nitrogens is 1. The normalized spacial score (nSPS) is 19.7. The topological polar surface area (TPSA) is 76.0 Å². The van der Waals surface area contributed by atoms with Crippen molar-refractivity contribution < 1.29 is 9.53 Å². The lowest BCUT2D eigenvalue weighted by Gasteiger charge is -2.32. The summed E-state index contributed by atoms with van der Waals surface area (Å²) in [7, 11) is 0. The fourth-order valence-corrected chi connectivity index (χ4v) is 2.77. The molecule has 1 saturated heterocycles. The van der Waals surface area contributed by atoms with Gasteiger partial charge in [0.1, 0.15) is 11.9 Å². The number of amides is 1. The molecule has 7 heteroatoms. The van der Waals surface area contributed by atoms with E-state index < -0.39 is 0 Å². The molecule has 1 aliphatic rings. The van der Waals surface area contributed by atoms with E-state index in [1.807, 2.05) is 36.4 Å². The van der Waals surface area contributed by atoms with Crippen LogP contribution in [0.4, 0.5) is 0 Å². The summed E-state index contributed by atoms with van der Waals surface area (Å²) in [6.45, 7) is 5.73. The maximum Gasteiger partial charge on any atom is 0.224 e. The lowest BCUT2D eigenvalue weighted by Crippen LogP contribution is -2.43. The zero-order valence-corrected chi connectivity index (χ0v) is 13.6. The summed E-state index contributed by atoms with van der Waals surface area (Å²) in [5.41, 5.74) is 0. The van der Waals surface area contributed by atoms with E-state index in [4.69, 9.17) is 4.74 Å². The zero-order valence-electron chi connectivity index (χ0n) is 13.6. The van der Waals surface area contributed by atoms with Gasteiger partial charge in [-0.3, -0.25) is 9.89 Å². The van der Waals surface area contributed by atoms with E-state index in [-0.39, 0.29) is 18.1 Å². The Morgan fingerprint density at radius 2 is 2.26 bits per heavy atom. The van der Waals surface area contributed by atoms with E-state index in [0.717, 1.165) is 12.2 Å². The number of carbonyl (C=O) groups excluding carboxylic acids is 1. The highest BCUT2D eigenvalue weighted by atomic mass is 16.5. The summed E-state index contributed by atoms with van der Waals surface area (Å²) in [6.07, 6.45) is 5.01. The van der Waals surface area contributed by atoms with Crippen molar-refractivity contribution in [3.05, 3.63) is 36.2 Å². The van der Waals surface area contributed by atoms with Crippen LogP contribution in [0.5, 0.6) is 0 Å². The Labute approximate surface area is 135 Å². The molecule has 2 aromatic heterocycles. The highest BCUT2D eigenvalue weighted by molar-refractivity contribution is 5.76. The molecule has 0 spiro atoms. The zero-order chi connectivity index (χ0) is 16.2. The molecule has 0 radical (unpaired) electrons. The maximum atomic E-state index is 12.6. The fourth-order valence-electron chi connectivity index (χ4n) is 2.77. The average molecular weight is 317 g/mol. The van der Waals surface area contributed by atoms with Crippen molar-refractivity contribution >= 4 is 5.91 Å². The molecule has 1 amide bonds. The number of carbonyl (C=O) groups is 1. The number of nitrogens with zero attached hydrogens (tertiary/aromatic N) is 4. The number of hydrogen-bond acceptors (Lipinski definition) is 4. The molecule has 2 atom stereocenters. The Bertz CT molecular complexity index is 637. The van der Waals surface area contributed by atoms with Gasteiger partial charge in [0.25, 0.3) is 0 Å². The van der Waals surface area contributed by atoms with E-state index in [2.05, 4.69) is 26.7 Å². The predicted molar refractivity (Wildman–Crippen MR) is 84.8 cm³/mol. The third-order valence-electron chi connectivity index (χ3n) is 4.20. The van der Waals surface area contributed by atoms with Gasteiger partial charge in [-0.15, -0.1) is 0 Å². The van der Waals surface area contributed by atoms with Gasteiger partial charge in [0.05, 0.1) is 13.2 Å². The summed E-state index contributed by atoms with van der Waals surface area (Å²) >= 11 is 0. The molecule has 0 saturated carbocycles. The molecule has 124 valence electrons. The van der Waals surface area contributed by atoms with Gasteiger partial charge in [0.2, 0.25) is 5.91 Å². The van der Waals surface area contributed by atoms with Crippen LogP contribution in [0.3, 0.4) is 0 Å². The third-order valence-corrected chi connectivity index (χ3v) is 4.20. The van der Waals surface area contributed by atoms with Gasteiger partial charge in [-0.2, -0.15) is 5.10 Å². The molecule has 2 unspecified atom stereocenters. The second kappa shape index (κ2) is 6.95. The van der Waals surface area contributed by atoms with E-state index in [1.165, 1.54) is 0 Å². The standard InChI is InChI=1S/C16H23N5O2/c1-3-14-17-16(19-18-14)13-11-21(8-9-23-13)15(22)10-12(2)20-6-4-5-7-20/h4-7,12-13H,3,8-11H2,1-2H3,(H,17,18,19). The highest BCUT2D eigenvalue weighted by Crippen LogP contribution is 2.21. The van der Waals surface area contributed by atoms with Gasteiger partial charge >= 0.3 is 0 Å². The van der Waals surface area contributed by atoms with Crippen molar-refractivity contribution in [3.63, 3.8) is 0 Å². The summed E-state index contributed by atoms with van der Waals surface area (Å²) in [4.78, 5) is 18.8. The van der Waals surface area contributed by atoms with Crippen LogP contribution in [-0.4, -0.2) is 50.3 Å². The predicted octanol–water partition coefficient (Wildman–Crippen LogP) is 1.72.